The Bertz CT molecular complexity index is 814. The maximum atomic E-state index is 12.9. The second-order valence-electron chi connectivity index (χ2n) is 5.52. The van der Waals surface area contributed by atoms with Crippen molar-refractivity contribution in [1.82, 2.24) is 9.55 Å². The van der Waals surface area contributed by atoms with Crippen LogP contribution >= 0.6 is 0 Å². The number of esters is 2. The van der Waals surface area contributed by atoms with Gasteiger partial charge in [-0.2, -0.15) is 13.2 Å². The lowest BCUT2D eigenvalue weighted by Crippen LogP contribution is -2.36. The van der Waals surface area contributed by atoms with E-state index in [0.717, 1.165) is 13.8 Å². The number of hydrogen-bond acceptors (Lipinski definition) is 7. The third kappa shape index (κ3) is 4.50. The fourth-order valence-corrected chi connectivity index (χ4v) is 2.46. The molecule has 0 aromatic carbocycles. The van der Waals surface area contributed by atoms with Crippen LogP contribution in [0.4, 0.5) is 13.2 Å². The highest BCUT2D eigenvalue weighted by Crippen LogP contribution is 2.32. The van der Waals surface area contributed by atoms with E-state index in [-0.39, 0.29) is 13.0 Å². The minimum Gasteiger partial charge on any atom is -0.463 e. The molecule has 26 heavy (non-hydrogen) atoms. The summed E-state index contributed by atoms with van der Waals surface area (Å²) in [6, 6.07) is 0. The van der Waals surface area contributed by atoms with E-state index in [4.69, 9.17) is 14.2 Å². The highest BCUT2D eigenvalue weighted by Gasteiger charge is 2.41. The first-order valence-corrected chi connectivity index (χ1v) is 7.37. The molecule has 1 N–H and O–H groups in total. The molecule has 2 rings (SSSR count). The molecule has 0 bridgehead atoms. The van der Waals surface area contributed by atoms with Gasteiger partial charge in [0.15, 0.2) is 0 Å². The van der Waals surface area contributed by atoms with Crippen molar-refractivity contribution in [2.75, 3.05) is 6.61 Å². The summed E-state index contributed by atoms with van der Waals surface area (Å²) in [6.45, 7) is 1.92. The number of rotatable bonds is 4. The van der Waals surface area contributed by atoms with E-state index >= 15 is 0 Å². The van der Waals surface area contributed by atoms with E-state index in [0.29, 0.717) is 10.8 Å². The molecule has 1 aliphatic heterocycles. The van der Waals surface area contributed by atoms with Gasteiger partial charge in [-0.25, -0.2) is 4.79 Å². The minimum atomic E-state index is -4.98. The molecule has 12 heteroatoms. The Hall–Kier alpha value is -2.63. The van der Waals surface area contributed by atoms with Crippen molar-refractivity contribution in [3.8, 4) is 0 Å². The third-order valence-electron chi connectivity index (χ3n) is 3.53. The number of H-pyrrole nitrogens is 1. The molecule has 1 aromatic rings. The lowest BCUT2D eigenvalue weighted by atomic mass is 10.2. The predicted molar refractivity (Wildman–Crippen MR) is 77.0 cm³/mol. The fourth-order valence-electron chi connectivity index (χ4n) is 2.46. The first-order chi connectivity index (χ1) is 12.0. The van der Waals surface area contributed by atoms with Crippen molar-refractivity contribution >= 4 is 11.9 Å². The number of hydrogen-bond donors (Lipinski definition) is 1. The monoisotopic (exact) mass is 380 g/mol. The van der Waals surface area contributed by atoms with Gasteiger partial charge in [0.1, 0.15) is 30.6 Å². The Morgan fingerprint density at radius 1 is 1.31 bits per heavy atom. The van der Waals surface area contributed by atoms with Crippen LogP contribution in [0.15, 0.2) is 15.8 Å². The largest absolute Gasteiger partial charge is 0.463 e. The second-order valence-corrected chi connectivity index (χ2v) is 5.52. The van der Waals surface area contributed by atoms with Crippen LogP contribution in [0.25, 0.3) is 0 Å². The van der Waals surface area contributed by atoms with Gasteiger partial charge < -0.3 is 14.2 Å². The molecule has 1 aliphatic rings. The second kappa shape index (κ2) is 7.32. The third-order valence-corrected chi connectivity index (χ3v) is 3.53. The van der Waals surface area contributed by atoms with Crippen LogP contribution in [0.1, 0.15) is 32.1 Å². The summed E-state index contributed by atoms with van der Waals surface area (Å²) in [7, 11) is 0. The van der Waals surface area contributed by atoms with Gasteiger partial charge in [0, 0.05) is 26.5 Å². The van der Waals surface area contributed by atoms with Gasteiger partial charge in [0.25, 0.3) is 5.56 Å². The van der Waals surface area contributed by atoms with Crippen molar-refractivity contribution in [1.29, 1.82) is 0 Å². The van der Waals surface area contributed by atoms with Crippen molar-refractivity contribution in [3.63, 3.8) is 0 Å². The normalized spacial score (nSPS) is 22.9. The zero-order chi connectivity index (χ0) is 19.6. The molecule has 1 saturated heterocycles. The number of aromatic amines is 1. The summed E-state index contributed by atoms with van der Waals surface area (Å²) in [6.07, 6.45) is -8.01. The van der Waals surface area contributed by atoms with Crippen LogP contribution in [-0.4, -0.2) is 40.3 Å². The number of carbonyl (C=O) groups is 2. The molecular formula is C14H15F3N2O7. The number of carbonyl (C=O) groups excluding carboxylic acids is 2. The molecule has 3 atom stereocenters. The van der Waals surface area contributed by atoms with Crippen LogP contribution < -0.4 is 11.2 Å². The van der Waals surface area contributed by atoms with Gasteiger partial charge in [-0.05, 0) is 0 Å². The molecule has 144 valence electrons. The van der Waals surface area contributed by atoms with Crippen molar-refractivity contribution < 1.29 is 37.0 Å². The lowest BCUT2D eigenvalue weighted by Gasteiger charge is -2.18. The minimum absolute atomic E-state index is 0.172. The molecule has 1 aromatic heterocycles. The van der Waals surface area contributed by atoms with Gasteiger partial charge in [-0.15, -0.1) is 0 Å². The first-order valence-electron chi connectivity index (χ1n) is 7.37. The van der Waals surface area contributed by atoms with Crippen LogP contribution in [0.2, 0.25) is 0 Å². The molecule has 0 saturated carbocycles. The molecule has 2 heterocycles. The van der Waals surface area contributed by atoms with Crippen molar-refractivity contribution in [2.45, 2.75) is 44.9 Å². The highest BCUT2D eigenvalue weighted by atomic mass is 19.4. The number of aromatic nitrogens is 2. The number of ether oxygens (including phenoxy) is 3. The Balaban J connectivity index is 2.33. The van der Waals surface area contributed by atoms with Gasteiger partial charge in [0.2, 0.25) is 0 Å². The van der Waals surface area contributed by atoms with E-state index in [9.17, 15) is 32.3 Å². The average Bonchev–Trinajstić information content (AvgIpc) is 2.85. The lowest BCUT2D eigenvalue weighted by molar-refractivity contribution is -0.155. The maximum absolute atomic E-state index is 12.9. The van der Waals surface area contributed by atoms with Crippen molar-refractivity contribution in [3.05, 3.63) is 32.6 Å². The van der Waals surface area contributed by atoms with E-state index < -0.39 is 53.4 Å². The molecule has 1 unspecified atom stereocenters. The van der Waals surface area contributed by atoms with Crippen LogP contribution in [0, 0.1) is 0 Å². The quantitative estimate of drug-likeness (QED) is 0.749. The molecule has 1 fully saturated rings. The summed E-state index contributed by atoms with van der Waals surface area (Å²) in [4.78, 5) is 46.9. The van der Waals surface area contributed by atoms with E-state index in [1.165, 1.54) is 0 Å². The average molecular weight is 380 g/mol. The summed E-state index contributed by atoms with van der Waals surface area (Å²) >= 11 is 0. The summed E-state index contributed by atoms with van der Waals surface area (Å²) in [5, 5.41) is 0. The van der Waals surface area contributed by atoms with Crippen LogP contribution in [0.3, 0.4) is 0 Å². The molecular weight excluding hydrogens is 365 g/mol. The summed E-state index contributed by atoms with van der Waals surface area (Å²) in [5.74, 6) is -1.32. The van der Waals surface area contributed by atoms with Gasteiger partial charge in [-0.1, -0.05) is 0 Å². The molecule has 0 amide bonds. The van der Waals surface area contributed by atoms with E-state index in [1.54, 1.807) is 4.98 Å². The number of nitrogens with zero attached hydrogens (tertiary/aromatic N) is 1. The van der Waals surface area contributed by atoms with Crippen LogP contribution in [-0.2, 0) is 30.0 Å². The summed E-state index contributed by atoms with van der Waals surface area (Å²) < 4.78 is 54.4. The summed E-state index contributed by atoms with van der Waals surface area (Å²) in [5.41, 5.74) is -4.28. The predicted octanol–water partition coefficient (Wildman–Crippen LogP) is 0.338. The smallest absolute Gasteiger partial charge is 0.423 e. The van der Waals surface area contributed by atoms with Crippen molar-refractivity contribution in [2.24, 2.45) is 0 Å². The number of alkyl halides is 3. The fraction of sp³-hybridized carbons (Fsp3) is 0.571. The standard InChI is InChI=1S/C14H15F3N2O7/c1-6(20)24-5-10-9(25-7(2)21)3-11(26-10)19-4-8(14(15,16)17)12(22)18-13(19)23/h4,9-11H,3,5H2,1-2H3,(H,18,22,23)/t9?,10-,11-/m1/s1. The van der Waals surface area contributed by atoms with Gasteiger partial charge in [0.05, 0.1) is 0 Å². The van der Waals surface area contributed by atoms with E-state index in [2.05, 4.69) is 0 Å². The SMILES string of the molecule is CC(=O)OC[C@H]1O[C@@H](n2cc(C(F)(F)F)c(=O)[nH]c2=O)CC1OC(C)=O. The zero-order valence-electron chi connectivity index (χ0n) is 13.7. The molecule has 0 radical (unpaired) electrons. The Morgan fingerprint density at radius 3 is 2.50 bits per heavy atom. The molecule has 0 aliphatic carbocycles. The van der Waals surface area contributed by atoms with E-state index in [1.807, 2.05) is 0 Å². The number of halogens is 3. The molecule has 9 nitrogen and oxygen atoms in total. The van der Waals surface area contributed by atoms with Crippen LogP contribution in [0.5, 0.6) is 0 Å². The number of nitrogens with one attached hydrogen (secondary N) is 1. The first kappa shape index (κ1) is 19.7. The Morgan fingerprint density at radius 2 is 1.96 bits per heavy atom. The topological polar surface area (TPSA) is 117 Å². The van der Waals surface area contributed by atoms with Gasteiger partial charge in [-0.3, -0.25) is 23.9 Å². The highest BCUT2D eigenvalue weighted by molar-refractivity contribution is 5.66. The maximum Gasteiger partial charge on any atom is 0.423 e. The Labute approximate surface area is 143 Å². The zero-order valence-corrected chi connectivity index (χ0v) is 13.7. The van der Waals surface area contributed by atoms with Gasteiger partial charge >= 0.3 is 23.8 Å². The molecule has 0 spiro atoms. The Kier molecular flexibility index (Phi) is 5.54.